The second kappa shape index (κ2) is 8.35. The highest BCUT2D eigenvalue weighted by Crippen LogP contribution is 2.28. The molecule has 1 fully saturated rings. The number of hydrogen-bond acceptors (Lipinski definition) is 5. The SMILES string of the molecule is O=C(Nc1ccccc1N1CCOC1=O)c1nc(-c2ccccc2)n(-c2ccccc2)n1. The first kappa shape index (κ1) is 19.5. The molecule has 2 amide bonds. The van der Waals surface area contributed by atoms with Crippen LogP contribution >= 0.6 is 0 Å². The van der Waals surface area contributed by atoms with Gasteiger partial charge in [0.05, 0.1) is 23.6 Å². The zero-order valence-electron chi connectivity index (χ0n) is 17.0. The van der Waals surface area contributed by atoms with Gasteiger partial charge in [0.25, 0.3) is 5.91 Å². The highest BCUT2D eigenvalue weighted by Gasteiger charge is 2.27. The third kappa shape index (κ3) is 3.69. The maximum atomic E-state index is 13.1. The zero-order valence-corrected chi connectivity index (χ0v) is 17.0. The molecule has 5 rings (SSSR count). The maximum absolute atomic E-state index is 13.1. The fraction of sp³-hybridized carbons (Fsp3) is 0.0833. The summed E-state index contributed by atoms with van der Waals surface area (Å²) in [6.07, 6.45) is -0.440. The van der Waals surface area contributed by atoms with E-state index in [2.05, 4.69) is 15.4 Å². The standard InChI is InChI=1S/C24H19N5O3/c30-23(25-19-13-7-8-14-20(19)28-15-16-32-24(28)31)21-26-22(17-9-3-1-4-10-17)29(27-21)18-11-5-2-6-12-18/h1-14H,15-16H2,(H,25,30). The van der Waals surface area contributed by atoms with Gasteiger partial charge in [-0.15, -0.1) is 5.10 Å². The van der Waals surface area contributed by atoms with Crippen molar-refractivity contribution in [1.82, 2.24) is 14.8 Å². The van der Waals surface area contributed by atoms with Crippen molar-refractivity contribution >= 4 is 23.4 Å². The molecule has 0 spiro atoms. The summed E-state index contributed by atoms with van der Waals surface area (Å²) in [5.74, 6) is 0.0988. The topological polar surface area (TPSA) is 89.4 Å². The van der Waals surface area contributed by atoms with Crippen molar-refractivity contribution in [2.24, 2.45) is 0 Å². The number of ether oxygens (including phenoxy) is 1. The van der Waals surface area contributed by atoms with Crippen LogP contribution in [0.25, 0.3) is 17.1 Å². The molecule has 1 aromatic heterocycles. The van der Waals surface area contributed by atoms with Crippen molar-refractivity contribution in [2.75, 3.05) is 23.4 Å². The lowest BCUT2D eigenvalue weighted by Crippen LogP contribution is -2.25. The van der Waals surface area contributed by atoms with Gasteiger partial charge in [0.1, 0.15) is 6.61 Å². The van der Waals surface area contributed by atoms with Crippen LogP contribution in [-0.2, 0) is 4.74 Å². The number of nitrogens with zero attached hydrogens (tertiary/aromatic N) is 4. The molecule has 0 saturated carbocycles. The van der Waals surface area contributed by atoms with Gasteiger partial charge in [-0.05, 0) is 24.3 Å². The first-order chi connectivity index (χ1) is 15.7. The molecule has 1 aliphatic rings. The second-order valence-corrected chi connectivity index (χ2v) is 7.11. The van der Waals surface area contributed by atoms with Crippen LogP contribution in [-0.4, -0.2) is 39.9 Å². The van der Waals surface area contributed by atoms with E-state index in [1.165, 1.54) is 4.90 Å². The van der Waals surface area contributed by atoms with Crippen LogP contribution in [0.1, 0.15) is 10.6 Å². The third-order valence-corrected chi connectivity index (χ3v) is 5.05. The first-order valence-corrected chi connectivity index (χ1v) is 10.1. The van der Waals surface area contributed by atoms with Crippen molar-refractivity contribution in [3.05, 3.63) is 90.8 Å². The molecule has 8 nitrogen and oxygen atoms in total. The predicted molar refractivity (Wildman–Crippen MR) is 120 cm³/mol. The van der Waals surface area contributed by atoms with Gasteiger partial charge >= 0.3 is 6.09 Å². The number of carbonyl (C=O) groups excluding carboxylic acids is 2. The van der Waals surface area contributed by atoms with Gasteiger partial charge in [-0.25, -0.2) is 14.5 Å². The fourth-order valence-electron chi connectivity index (χ4n) is 3.54. The van der Waals surface area contributed by atoms with E-state index < -0.39 is 12.0 Å². The number of carbonyl (C=O) groups is 2. The lowest BCUT2D eigenvalue weighted by Gasteiger charge is -2.17. The molecule has 0 atom stereocenters. The zero-order chi connectivity index (χ0) is 21.9. The molecule has 0 bridgehead atoms. The van der Waals surface area contributed by atoms with E-state index >= 15 is 0 Å². The molecule has 4 aromatic rings. The van der Waals surface area contributed by atoms with Crippen molar-refractivity contribution in [3.63, 3.8) is 0 Å². The summed E-state index contributed by atoms with van der Waals surface area (Å²) in [4.78, 5) is 31.1. The van der Waals surface area contributed by atoms with Crippen molar-refractivity contribution in [1.29, 1.82) is 0 Å². The Morgan fingerprint density at radius 1 is 0.906 bits per heavy atom. The molecule has 8 heteroatoms. The number of nitrogens with one attached hydrogen (secondary N) is 1. The Bertz CT molecular complexity index is 1210. The lowest BCUT2D eigenvalue weighted by molar-refractivity contribution is 0.101. The third-order valence-electron chi connectivity index (χ3n) is 5.05. The second-order valence-electron chi connectivity index (χ2n) is 7.11. The fourth-order valence-corrected chi connectivity index (χ4v) is 3.54. The average molecular weight is 425 g/mol. The van der Waals surface area contributed by atoms with Gasteiger partial charge in [-0.3, -0.25) is 9.69 Å². The van der Waals surface area contributed by atoms with Crippen LogP contribution in [0, 0.1) is 0 Å². The Labute approximate surface area is 184 Å². The largest absolute Gasteiger partial charge is 0.447 e. The van der Waals surface area contributed by atoms with Gasteiger partial charge in [0.15, 0.2) is 5.82 Å². The average Bonchev–Trinajstić information content (AvgIpc) is 3.47. The number of hydrogen-bond donors (Lipinski definition) is 1. The number of aromatic nitrogens is 3. The molecular weight excluding hydrogens is 406 g/mol. The van der Waals surface area contributed by atoms with Crippen LogP contribution < -0.4 is 10.2 Å². The van der Waals surface area contributed by atoms with E-state index in [4.69, 9.17) is 4.74 Å². The van der Waals surface area contributed by atoms with Gasteiger partial charge < -0.3 is 10.1 Å². The molecule has 0 radical (unpaired) electrons. The summed E-state index contributed by atoms with van der Waals surface area (Å²) in [5, 5.41) is 7.32. The Hall–Kier alpha value is -4.46. The highest BCUT2D eigenvalue weighted by molar-refractivity contribution is 6.05. The lowest BCUT2D eigenvalue weighted by atomic mass is 10.2. The minimum Gasteiger partial charge on any atom is -0.447 e. The van der Waals surface area contributed by atoms with E-state index in [1.807, 2.05) is 60.7 Å². The smallest absolute Gasteiger partial charge is 0.414 e. The number of rotatable bonds is 5. The number of para-hydroxylation sites is 3. The summed E-state index contributed by atoms with van der Waals surface area (Å²) in [6, 6.07) is 26.1. The normalized spacial score (nSPS) is 13.1. The Kier molecular flexibility index (Phi) is 5.09. The van der Waals surface area contributed by atoms with Gasteiger partial charge in [0.2, 0.25) is 5.82 Å². The Morgan fingerprint density at radius 3 is 2.31 bits per heavy atom. The van der Waals surface area contributed by atoms with Gasteiger partial charge in [-0.1, -0.05) is 60.7 Å². The Morgan fingerprint density at radius 2 is 1.59 bits per heavy atom. The van der Waals surface area contributed by atoms with Crippen LogP contribution in [0.3, 0.4) is 0 Å². The molecule has 2 heterocycles. The first-order valence-electron chi connectivity index (χ1n) is 10.1. The quantitative estimate of drug-likeness (QED) is 0.519. The summed E-state index contributed by atoms with van der Waals surface area (Å²) >= 11 is 0. The minimum absolute atomic E-state index is 0.0199. The number of cyclic esters (lactones) is 1. The van der Waals surface area contributed by atoms with Crippen molar-refractivity contribution in [3.8, 4) is 17.1 Å². The number of anilines is 2. The number of benzene rings is 3. The van der Waals surface area contributed by atoms with E-state index in [9.17, 15) is 9.59 Å². The molecule has 1 aliphatic heterocycles. The number of amides is 2. The summed E-state index contributed by atoms with van der Waals surface area (Å²) in [5.41, 5.74) is 2.67. The monoisotopic (exact) mass is 425 g/mol. The molecule has 1 saturated heterocycles. The van der Waals surface area contributed by atoms with Crippen LogP contribution in [0.2, 0.25) is 0 Å². The Balaban J connectivity index is 1.50. The molecule has 0 aliphatic carbocycles. The highest BCUT2D eigenvalue weighted by atomic mass is 16.6. The summed E-state index contributed by atoms with van der Waals surface area (Å²) < 4.78 is 6.67. The molecule has 3 aromatic carbocycles. The van der Waals surface area contributed by atoms with Crippen molar-refractivity contribution < 1.29 is 14.3 Å². The van der Waals surface area contributed by atoms with Crippen LogP contribution in [0.15, 0.2) is 84.9 Å². The van der Waals surface area contributed by atoms with E-state index in [-0.39, 0.29) is 5.82 Å². The van der Waals surface area contributed by atoms with Gasteiger partial charge in [0, 0.05) is 5.56 Å². The van der Waals surface area contributed by atoms with Crippen molar-refractivity contribution in [2.45, 2.75) is 0 Å². The molecule has 1 N–H and O–H groups in total. The van der Waals surface area contributed by atoms with E-state index in [1.54, 1.807) is 28.9 Å². The van der Waals surface area contributed by atoms with E-state index in [0.717, 1.165) is 11.3 Å². The minimum atomic E-state index is -0.475. The van der Waals surface area contributed by atoms with E-state index in [0.29, 0.717) is 30.4 Å². The van der Waals surface area contributed by atoms with Crippen LogP contribution in [0.5, 0.6) is 0 Å². The van der Waals surface area contributed by atoms with Gasteiger partial charge in [-0.2, -0.15) is 0 Å². The van der Waals surface area contributed by atoms with Crippen LogP contribution in [0.4, 0.5) is 16.2 Å². The predicted octanol–water partition coefficient (Wildman–Crippen LogP) is 4.14. The molecule has 0 unspecified atom stereocenters. The summed E-state index contributed by atoms with van der Waals surface area (Å²) in [6.45, 7) is 0.731. The summed E-state index contributed by atoms with van der Waals surface area (Å²) in [7, 11) is 0. The molecule has 158 valence electrons. The maximum Gasteiger partial charge on any atom is 0.414 e. The molecular formula is C24H19N5O3. The molecule has 32 heavy (non-hydrogen) atoms.